The monoisotopic (exact) mass is 243 g/mol. The van der Waals surface area contributed by atoms with Crippen LogP contribution in [0.2, 0.25) is 0 Å². The normalized spacial score (nSPS) is 11.0. The minimum atomic E-state index is -0.233. The van der Waals surface area contributed by atoms with Crippen molar-refractivity contribution in [1.29, 1.82) is 0 Å². The molecule has 0 aliphatic carbocycles. The molecule has 0 atom stereocenters. The van der Waals surface area contributed by atoms with Gasteiger partial charge in [-0.05, 0) is 30.7 Å². The summed E-state index contributed by atoms with van der Waals surface area (Å²) in [7, 11) is 0. The largest absolute Gasteiger partial charge is 0.330 e. The summed E-state index contributed by atoms with van der Waals surface area (Å²) in [5.74, 6) is -0.233. The van der Waals surface area contributed by atoms with Crippen LogP contribution >= 0.6 is 15.9 Å². The summed E-state index contributed by atoms with van der Waals surface area (Å²) in [5, 5.41) is 0. The molecule has 1 rings (SSSR count). The van der Waals surface area contributed by atoms with Crippen LogP contribution in [0.1, 0.15) is 12.0 Å². The number of hydrogen-bond acceptors (Lipinski definition) is 1. The average Bonchev–Trinajstić information content (AvgIpc) is 2.09. The van der Waals surface area contributed by atoms with Gasteiger partial charge in [-0.2, -0.15) is 0 Å². The van der Waals surface area contributed by atoms with E-state index in [2.05, 4.69) is 15.9 Å². The van der Waals surface area contributed by atoms with Gasteiger partial charge in [0.2, 0.25) is 0 Å². The molecule has 0 bridgehead atoms. The quantitative estimate of drug-likeness (QED) is 0.869. The maximum Gasteiger partial charge on any atom is 0.124 e. The average molecular weight is 244 g/mol. The van der Waals surface area contributed by atoms with Gasteiger partial charge in [0, 0.05) is 4.47 Å². The third-order valence-corrected chi connectivity index (χ3v) is 2.28. The Hall–Kier alpha value is -0.670. The van der Waals surface area contributed by atoms with Crippen LogP contribution in [-0.2, 0) is 0 Å². The molecule has 0 fully saturated rings. The lowest BCUT2D eigenvalue weighted by Gasteiger charge is -1.97. The van der Waals surface area contributed by atoms with Gasteiger partial charge < -0.3 is 5.73 Å². The topological polar surface area (TPSA) is 26.0 Å². The molecule has 13 heavy (non-hydrogen) atoms. The van der Waals surface area contributed by atoms with E-state index in [9.17, 15) is 4.39 Å². The Labute approximate surface area is 85.6 Å². The fourth-order valence-electron chi connectivity index (χ4n) is 0.943. The lowest BCUT2D eigenvalue weighted by molar-refractivity contribution is 0.627. The van der Waals surface area contributed by atoms with Crippen molar-refractivity contribution in [3.63, 3.8) is 0 Å². The van der Waals surface area contributed by atoms with Gasteiger partial charge >= 0.3 is 0 Å². The van der Waals surface area contributed by atoms with E-state index in [1.54, 1.807) is 6.07 Å². The molecule has 0 amide bonds. The highest BCUT2D eigenvalue weighted by Gasteiger charge is 1.96. The van der Waals surface area contributed by atoms with E-state index in [-0.39, 0.29) is 5.82 Å². The number of benzene rings is 1. The van der Waals surface area contributed by atoms with E-state index >= 15 is 0 Å². The van der Waals surface area contributed by atoms with Gasteiger partial charge in [-0.3, -0.25) is 0 Å². The lowest BCUT2D eigenvalue weighted by Crippen LogP contribution is -1.94. The lowest BCUT2D eigenvalue weighted by atomic mass is 10.2. The van der Waals surface area contributed by atoms with Crippen LogP contribution in [-0.4, -0.2) is 6.54 Å². The third kappa shape index (κ3) is 3.28. The molecule has 0 saturated carbocycles. The molecule has 1 nitrogen and oxygen atoms in total. The van der Waals surface area contributed by atoms with Crippen molar-refractivity contribution in [1.82, 2.24) is 0 Å². The highest BCUT2D eigenvalue weighted by atomic mass is 79.9. The molecule has 70 valence electrons. The smallest absolute Gasteiger partial charge is 0.124 e. The third-order valence-electron chi connectivity index (χ3n) is 1.59. The molecule has 0 aromatic heterocycles. The van der Waals surface area contributed by atoms with Crippen molar-refractivity contribution < 1.29 is 4.39 Å². The predicted molar refractivity (Wildman–Crippen MR) is 56.8 cm³/mol. The highest BCUT2D eigenvalue weighted by molar-refractivity contribution is 9.10. The predicted octanol–water partition coefficient (Wildman–Crippen LogP) is 2.95. The van der Waals surface area contributed by atoms with Crippen LogP contribution in [0.5, 0.6) is 0 Å². The maximum atomic E-state index is 12.7. The van der Waals surface area contributed by atoms with Crippen LogP contribution in [0.3, 0.4) is 0 Å². The van der Waals surface area contributed by atoms with Gasteiger partial charge in [0.1, 0.15) is 5.82 Å². The van der Waals surface area contributed by atoms with E-state index in [0.29, 0.717) is 6.54 Å². The molecule has 0 spiro atoms. The summed E-state index contributed by atoms with van der Waals surface area (Å²) in [6.07, 6.45) is 4.73. The SMILES string of the molecule is NCC/C=C/c1ccc(F)cc1Br. The van der Waals surface area contributed by atoms with Crippen LogP contribution in [0.15, 0.2) is 28.7 Å². The fraction of sp³-hybridized carbons (Fsp3) is 0.200. The zero-order valence-electron chi connectivity index (χ0n) is 7.13. The highest BCUT2D eigenvalue weighted by Crippen LogP contribution is 2.19. The van der Waals surface area contributed by atoms with E-state index in [0.717, 1.165) is 16.5 Å². The summed E-state index contributed by atoms with van der Waals surface area (Å²) >= 11 is 3.28. The minimum Gasteiger partial charge on any atom is -0.330 e. The Kier molecular flexibility index (Phi) is 4.12. The standard InChI is InChI=1S/C10H11BrFN/c11-10-7-9(12)5-4-8(10)3-1-2-6-13/h1,3-5,7H,2,6,13H2/b3-1+. The first kappa shape index (κ1) is 10.4. The summed E-state index contributed by atoms with van der Waals surface area (Å²) in [6, 6.07) is 4.61. The Morgan fingerprint density at radius 3 is 2.85 bits per heavy atom. The van der Waals surface area contributed by atoms with Crippen LogP contribution in [0.25, 0.3) is 6.08 Å². The van der Waals surface area contributed by atoms with Gasteiger partial charge in [0.05, 0.1) is 0 Å². The molecule has 1 aromatic rings. The van der Waals surface area contributed by atoms with Gasteiger partial charge in [0.15, 0.2) is 0 Å². The van der Waals surface area contributed by atoms with Crippen molar-refractivity contribution in [3.05, 3.63) is 40.1 Å². The summed E-state index contributed by atoms with van der Waals surface area (Å²) < 4.78 is 13.4. The van der Waals surface area contributed by atoms with Crippen molar-refractivity contribution in [2.45, 2.75) is 6.42 Å². The molecule has 2 N–H and O–H groups in total. The molecule has 0 aliphatic heterocycles. The molecule has 0 unspecified atom stereocenters. The molecule has 3 heteroatoms. The maximum absolute atomic E-state index is 12.7. The zero-order chi connectivity index (χ0) is 9.68. The molecule has 0 saturated heterocycles. The van der Waals surface area contributed by atoms with Crippen molar-refractivity contribution in [2.75, 3.05) is 6.54 Å². The number of halogens is 2. The second-order valence-corrected chi connectivity index (χ2v) is 3.50. The van der Waals surface area contributed by atoms with Gasteiger partial charge in [-0.15, -0.1) is 0 Å². The van der Waals surface area contributed by atoms with Gasteiger partial charge in [-0.25, -0.2) is 4.39 Å². The van der Waals surface area contributed by atoms with Crippen LogP contribution < -0.4 is 5.73 Å². The first-order chi connectivity index (χ1) is 6.24. The first-order valence-corrected chi connectivity index (χ1v) is 4.85. The van der Waals surface area contributed by atoms with E-state index in [4.69, 9.17) is 5.73 Å². The van der Waals surface area contributed by atoms with Crippen LogP contribution in [0.4, 0.5) is 4.39 Å². The molecule has 0 aliphatic rings. The van der Waals surface area contributed by atoms with E-state index in [1.807, 2.05) is 12.2 Å². The zero-order valence-corrected chi connectivity index (χ0v) is 8.72. The Morgan fingerprint density at radius 1 is 1.46 bits per heavy atom. The summed E-state index contributed by atoms with van der Waals surface area (Å²) in [6.45, 7) is 0.634. The second-order valence-electron chi connectivity index (χ2n) is 2.65. The Balaban J connectivity index is 2.77. The molecule has 1 aromatic carbocycles. The van der Waals surface area contributed by atoms with Gasteiger partial charge in [-0.1, -0.05) is 34.1 Å². The Morgan fingerprint density at radius 2 is 2.23 bits per heavy atom. The van der Waals surface area contributed by atoms with Crippen molar-refractivity contribution in [2.24, 2.45) is 5.73 Å². The number of nitrogens with two attached hydrogens (primary N) is 1. The van der Waals surface area contributed by atoms with Gasteiger partial charge in [0.25, 0.3) is 0 Å². The summed E-state index contributed by atoms with van der Waals surface area (Å²) in [4.78, 5) is 0. The van der Waals surface area contributed by atoms with Crippen LogP contribution in [0, 0.1) is 5.82 Å². The minimum absolute atomic E-state index is 0.233. The van der Waals surface area contributed by atoms with E-state index < -0.39 is 0 Å². The molecular weight excluding hydrogens is 233 g/mol. The first-order valence-electron chi connectivity index (χ1n) is 4.05. The molecule has 0 radical (unpaired) electrons. The second kappa shape index (κ2) is 5.14. The Bertz CT molecular complexity index is 310. The van der Waals surface area contributed by atoms with E-state index in [1.165, 1.54) is 12.1 Å². The molecule has 0 heterocycles. The fourth-order valence-corrected chi connectivity index (χ4v) is 1.43. The number of hydrogen-bond donors (Lipinski definition) is 1. The molecular formula is C10H11BrFN. The van der Waals surface area contributed by atoms with Crippen molar-refractivity contribution in [3.8, 4) is 0 Å². The summed E-state index contributed by atoms with van der Waals surface area (Å²) in [5.41, 5.74) is 6.30. The number of rotatable bonds is 3. The van der Waals surface area contributed by atoms with Crippen molar-refractivity contribution >= 4 is 22.0 Å².